The Kier molecular flexibility index (Phi) is 4.97. The zero-order valence-electron chi connectivity index (χ0n) is 10.9. The van der Waals surface area contributed by atoms with Crippen LogP contribution in [0.4, 0.5) is 4.39 Å². The van der Waals surface area contributed by atoms with Crippen molar-refractivity contribution in [2.75, 3.05) is 5.88 Å². The van der Waals surface area contributed by atoms with Crippen LogP contribution >= 0.6 is 11.6 Å². The van der Waals surface area contributed by atoms with E-state index in [1.165, 1.54) is 18.5 Å². The van der Waals surface area contributed by atoms with Gasteiger partial charge in [0.05, 0.1) is 5.56 Å². The van der Waals surface area contributed by atoms with Crippen LogP contribution in [0.25, 0.3) is 0 Å². The van der Waals surface area contributed by atoms with Crippen molar-refractivity contribution in [3.63, 3.8) is 0 Å². The van der Waals surface area contributed by atoms with E-state index in [0.29, 0.717) is 29.4 Å². The zero-order valence-corrected chi connectivity index (χ0v) is 11.7. The van der Waals surface area contributed by atoms with Crippen LogP contribution in [0.1, 0.15) is 17.8 Å². The number of hydrogen-bond donors (Lipinski definition) is 0. The Morgan fingerprint density at radius 2 is 2.30 bits per heavy atom. The summed E-state index contributed by atoms with van der Waals surface area (Å²) in [6, 6.07) is 4.24. The molecule has 0 aliphatic heterocycles. The fraction of sp³-hybridized carbons (Fsp3) is 0.286. The highest BCUT2D eigenvalue weighted by Crippen LogP contribution is 2.20. The lowest BCUT2D eigenvalue weighted by atomic mass is 10.2. The van der Waals surface area contributed by atoms with E-state index in [0.717, 1.165) is 0 Å². The molecule has 20 heavy (non-hydrogen) atoms. The maximum Gasteiger partial charge on any atom is 0.164 e. The Morgan fingerprint density at radius 1 is 1.45 bits per heavy atom. The summed E-state index contributed by atoms with van der Waals surface area (Å²) in [5.74, 6) is 6.93. The Hall–Kier alpha value is -2.06. The van der Waals surface area contributed by atoms with Crippen molar-refractivity contribution in [1.29, 1.82) is 0 Å². The molecule has 0 aliphatic rings. The van der Waals surface area contributed by atoms with E-state index in [2.05, 4.69) is 21.9 Å². The normalized spacial score (nSPS) is 9.95. The lowest BCUT2D eigenvalue weighted by Crippen LogP contribution is -2.05. The number of alkyl halides is 1. The molecule has 0 radical (unpaired) electrons. The van der Waals surface area contributed by atoms with E-state index in [1.54, 1.807) is 17.8 Å². The van der Waals surface area contributed by atoms with Crippen molar-refractivity contribution < 1.29 is 9.13 Å². The third-order valence-electron chi connectivity index (χ3n) is 2.55. The average Bonchev–Trinajstić information content (AvgIpc) is 2.84. The lowest BCUT2D eigenvalue weighted by molar-refractivity contribution is 0.287. The standard InChI is InChI=1S/C14H13ClFN3O/c1-19-14(17-10-18-19)9-20-13-8-12(16)6-5-11(13)4-2-3-7-15/h5-6,8,10H,3,7,9H2,1H3. The first-order valence-corrected chi connectivity index (χ1v) is 6.54. The van der Waals surface area contributed by atoms with E-state index < -0.39 is 0 Å². The van der Waals surface area contributed by atoms with Gasteiger partial charge in [0.1, 0.15) is 24.5 Å². The number of halogens is 2. The zero-order chi connectivity index (χ0) is 14.4. The number of aryl methyl sites for hydroxylation is 1. The SMILES string of the molecule is Cn1ncnc1COc1cc(F)ccc1C#CCCCl. The number of nitrogens with zero attached hydrogens (tertiary/aromatic N) is 3. The fourth-order valence-electron chi connectivity index (χ4n) is 1.52. The molecule has 1 aromatic carbocycles. The second-order valence-electron chi connectivity index (χ2n) is 3.97. The van der Waals surface area contributed by atoms with Gasteiger partial charge in [0.15, 0.2) is 5.82 Å². The van der Waals surface area contributed by atoms with Crippen LogP contribution in [0, 0.1) is 17.7 Å². The summed E-state index contributed by atoms with van der Waals surface area (Å²) in [7, 11) is 1.76. The first kappa shape index (κ1) is 14.4. The molecule has 0 bridgehead atoms. The molecule has 2 aromatic rings. The molecule has 104 valence electrons. The molecule has 0 saturated heterocycles. The highest BCUT2D eigenvalue weighted by atomic mass is 35.5. The van der Waals surface area contributed by atoms with E-state index in [1.807, 2.05) is 0 Å². The van der Waals surface area contributed by atoms with Gasteiger partial charge in [-0.15, -0.1) is 11.6 Å². The van der Waals surface area contributed by atoms with E-state index >= 15 is 0 Å². The minimum atomic E-state index is -0.374. The number of aromatic nitrogens is 3. The summed E-state index contributed by atoms with van der Waals surface area (Å²) in [5, 5.41) is 3.94. The highest BCUT2D eigenvalue weighted by Gasteiger charge is 2.06. The molecule has 0 aliphatic carbocycles. The molecule has 2 rings (SSSR count). The predicted octanol–water partition coefficient (Wildman–Crippen LogP) is 2.51. The number of hydrogen-bond acceptors (Lipinski definition) is 3. The van der Waals surface area contributed by atoms with Gasteiger partial charge in [0, 0.05) is 25.4 Å². The maximum absolute atomic E-state index is 13.3. The van der Waals surface area contributed by atoms with Gasteiger partial charge < -0.3 is 4.74 Å². The van der Waals surface area contributed by atoms with E-state index in [4.69, 9.17) is 16.3 Å². The van der Waals surface area contributed by atoms with Crippen molar-refractivity contribution in [2.24, 2.45) is 7.05 Å². The van der Waals surface area contributed by atoms with Crippen molar-refractivity contribution in [3.8, 4) is 17.6 Å². The summed E-state index contributed by atoms with van der Waals surface area (Å²) in [4.78, 5) is 4.04. The summed E-state index contributed by atoms with van der Waals surface area (Å²) in [6.07, 6.45) is 2.01. The number of ether oxygens (including phenoxy) is 1. The Balaban J connectivity index is 2.15. The minimum absolute atomic E-state index is 0.199. The summed E-state index contributed by atoms with van der Waals surface area (Å²) < 4.78 is 20.5. The maximum atomic E-state index is 13.3. The van der Waals surface area contributed by atoms with Gasteiger partial charge in [0.2, 0.25) is 0 Å². The van der Waals surface area contributed by atoms with Crippen LogP contribution in [0.15, 0.2) is 24.5 Å². The average molecular weight is 294 g/mol. The van der Waals surface area contributed by atoms with E-state index in [-0.39, 0.29) is 12.4 Å². The minimum Gasteiger partial charge on any atom is -0.484 e. The molecule has 0 unspecified atom stereocenters. The van der Waals surface area contributed by atoms with Crippen LogP contribution in [-0.2, 0) is 13.7 Å². The summed E-state index contributed by atoms with van der Waals surface area (Å²) in [5.41, 5.74) is 0.624. The molecule has 0 amide bonds. The number of rotatable bonds is 4. The molecule has 1 aromatic heterocycles. The Morgan fingerprint density at radius 3 is 3.00 bits per heavy atom. The van der Waals surface area contributed by atoms with Gasteiger partial charge in [-0.2, -0.15) is 5.10 Å². The van der Waals surface area contributed by atoms with Crippen molar-refractivity contribution in [3.05, 3.63) is 41.7 Å². The molecule has 0 N–H and O–H groups in total. The van der Waals surface area contributed by atoms with Crippen molar-refractivity contribution >= 4 is 11.6 Å². The van der Waals surface area contributed by atoms with Crippen LogP contribution < -0.4 is 4.74 Å². The van der Waals surface area contributed by atoms with Crippen molar-refractivity contribution in [1.82, 2.24) is 14.8 Å². The molecule has 1 heterocycles. The second kappa shape index (κ2) is 6.92. The molecular weight excluding hydrogens is 281 g/mol. The van der Waals surface area contributed by atoms with E-state index in [9.17, 15) is 4.39 Å². The quantitative estimate of drug-likeness (QED) is 0.642. The molecular formula is C14H13ClFN3O. The Bertz CT molecular complexity index is 645. The lowest BCUT2D eigenvalue weighted by Gasteiger charge is -2.07. The van der Waals surface area contributed by atoms with Crippen LogP contribution in [0.2, 0.25) is 0 Å². The molecule has 4 nitrogen and oxygen atoms in total. The third-order valence-corrected chi connectivity index (χ3v) is 2.74. The topological polar surface area (TPSA) is 39.9 Å². The van der Waals surface area contributed by atoms with Gasteiger partial charge in [-0.3, -0.25) is 4.68 Å². The smallest absolute Gasteiger partial charge is 0.164 e. The monoisotopic (exact) mass is 293 g/mol. The summed E-state index contributed by atoms with van der Waals surface area (Å²) >= 11 is 5.57. The van der Waals surface area contributed by atoms with Gasteiger partial charge in [-0.05, 0) is 12.1 Å². The molecule has 0 saturated carbocycles. The van der Waals surface area contributed by atoms with Crippen LogP contribution in [0.3, 0.4) is 0 Å². The first-order chi connectivity index (χ1) is 9.70. The summed E-state index contributed by atoms with van der Waals surface area (Å²) in [6.45, 7) is 0.199. The van der Waals surface area contributed by atoms with Crippen LogP contribution in [0.5, 0.6) is 5.75 Å². The molecule has 6 heteroatoms. The van der Waals surface area contributed by atoms with Gasteiger partial charge in [-0.1, -0.05) is 11.8 Å². The predicted molar refractivity (Wildman–Crippen MR) is 74.0 cm³/mol. The largest absolute Gasteiger partial charge is 0.484 e. The first-order valence-electron chi connectivity index (χ1n) is 6.01. The van der Waals surface area contributed by atoms with Gasteiger partial charge in [-0.25, -0.2) is 9.37 Å². The number of benzene rings is 1. The highest BCUT2D eigenvalue weighted by molar-refractivity contribution is 6.18. The fourth-order valence-corrected chi connectivity index (χ4v) is 1.61. The van der Waals surface area contributed by atoms with Crippen LogP contribution in [-0.4, -0.2) is 20.6 Å². The molecule has 0 spiro atoms. The van der Waals surface area contributed by atoms with Crippen molar-refractivity contribution in [2.45, 2.75) is 13.0 Å². The molecule has 0 atom stereocenters. The third kappa shape index (κ3) is 3.72. The second-order valence-corrected chi connectivity index (χ2v) is 4.35. The van der Waals surface area contributed by atoms with Gasteiger partial charge in [0.25, 0.3) is 0 Å². The molecule has 0 fully saturated rings. The Labute approximate surface area is 121 Å². The van der Waals surface area contributed by atoms with Gasteiger partial charge >= 0.3 is 0 Å².